The number of benzene rings is 2. The molecule has 0 spiro atoms. The molecule has 31 heavy (non-hydrogen) atoms. The monoisotopic (exact) mass is 434 g/mol. The summed E-state index contributed by atoms with van der Waals surface area (Å²) in [6.07, 6.45) is 4.94. The zero-order valence-electron chi connectivity index (χ0n) is 17.4. The zero-order valence-corrected chi connectivity index (χ0v) is 18.2. The van der Waals surface area contributed by atoms with Crippen LogP contribution in [0, 0.1) is 0 Å². The largest absolute Gasteiger partial charge is 0.338 e. The number of carbonyl (C=O) groups is 2. The first-order valence-corrected chi connectivity index (χ1v) is 10.3. The Morgan fingerprint density at radius 2 is 2.00 bits per heavy atom. The summed E-state index contributed by atoms with van der Waals surface area (Å²) >= 11 is 6.30. The van der Waals surface area contributed by atoms with Crippen LogP contribution >= 0.6 is 11.6 Å². The molecule has 0 atom stereocenters. The minimum Gasteiger partial charge on any atom is -0.338 e. The van der Waals surface area contributed by atoms with E-state index in [-0.39, 0.29) is 11.8 Å². The number of amides is 2. The molecule has 2 heterocycles. The first-order valence-electron chi connectivity index (χ1n) is 9.97. The van der Waals surface area contributed by atoms with E-state index < -0.39 is 0 Å². The van der Waals surface area contributed by atoms with Crippen molar-refractivity contribution < 1.29 is 9.59 Å². The number of nitrogens with one attached hydrogen (secondary N) is 1. The molecule has 0 saturated carbocycles. The van der Waals surface area contributed by atoms with Crippen molar-refractivity contribution in [2.75, 3.05) is 26.0 Å². The van der Waals surface area contributed by atoms with Gasteiger partial charge in [0.2, 0.25) is 11.8 Å². The summed E-state index contributed by atoms with van der Waals surface area (Å²) in [5, 5.41) is 5.53. The van der Waals surface area contributed by atoms with Gasteiger partial charge in [0, 0.05) is 48.4 Å². The van der Waals surface area contributed by atoms with Crippen LogP contribution in [0.15, 0.2) is 54.7 Å². The number of rotatable bonds is 4. The van der Waals surface area contributed by atoms with Crippen LogP contribution in [0.25, 0.3) is 16.8 Å². The lowest BCUT2D eigenvalue weighted by molar-refractivity contribution is -0.125. The second-order valence-corrected chi connectivity index (χ2v) is 8.18. The van der Waals surface area contributed by atoms with Crippen molar-refractivity contribution in [1.82, 2.24) is 14.8 Å². The van der Waals surface area contributed by atoms with Gasteiger partial charge in [0.15, 0.2) is 0 Å². The van der Waals surface area contributed by atoms with Crippen molar-refractivity contribution in [2.24, 2.45) is 0 Å². The molecule has 4 rings (SSSR count). The molecule has 158 valence electrons. The van der Waals surface area contributed by atoms with Crippen LogP contribution in [0.4, 0.5) is 5.82 Å². The van der Waals surface area contributed by atoms with Crippen molar-refractivity contribution >= 4 is 46.1 Å². The number of hydrogen-bond acceptors (Lipinski definition) is 4. The summed E-state index contributed by atoms with van der Waals surface area (Å²) in [4.78, 5) is 32.4. The molecule has 0 radical (unpaired) electrons. The molecule has 0 unspecified atom stereocenters. The third kappa shape index (κ3) is 4.76. The molecule has 2 aromatic carbocycles. The Labute approximate surface area is 186 Å². The highest BCUT2D eigenvalue weighted by Gasteiger charge is 2.17. The maximum atomic E-state index is 12.7. The number of anilines is 1. The summed E-state index contributed by atoms with van der Waals surface area (Å²) in [6.45, 7) is 1.41. The lowest BCUT2D eigenvalue weighted by Crippen LogP contribution is -2.26. The smallest absolute Gasteiger partial charge is 0.246 e. The van der Waals surface area contributed by atoms with E-state index in [1.807, 2.05) is 54.4 Å². The van der Waals surface area contributed by atoms with Gasteiger partial charge in [-0.25, -0.2) is 4.98 Å². The number of likely N-dealkylation sites (N-methyl/N-ethyl adjacent to an activating group) is 2. The number of halogens is 1. The Kier molecular flexibility index (Phi) is 6.02. The van der Waals surface area contributed by atoms with Crippen LogP contribution in [-0.2, 0) is 22.7 Å². The molecule has 3 aromatic rings. The Hall–Kier alpha value is -3.22. The number of aromatic nitrogens is 1. The highest BCUT2D eigenvalue weighted by Crippen LogP contribution is 2.27. The van der Waals surface area contributed by atoms with Crippen LogP contribution in [0.5, 0.6) is 0 Å². The molecular formula is C24H23ClN4O2. The number of pyridine rings is 1. The van der Waals surface area contributed by atoms with E-state index in [1.54, 1.807) is 30.3 Å². The quantitative estimate of drug-likeness (QED) is 0.631. The third-order valence-corrected chi connectivity index (χ3v) is 5.59. The third-order valence-electron chi connectivity index (χ3n) is 5.26. The highest BCUT2D eigenvalue weighted by molar-refractivity contribution is 6.35. The predicted molar refractivity (Wildman–Crippen MR) is 124 cm³/mol. The zero-order chi connectivity index (χ0) is 22.0. The van der Waals surface area contributed by atoms with Gasteiger partial charge in [0.1, 0.15) is 5.82 Å². The van der Waals surface area contributed by atoms with E-state index in [0.29, 0.717) is 30.5 Å². The van der Waals surface area contributed by atoms with E-state index in [9.17, 15) is 9.59 Å². The van der Waals surface area contributed by atoms with E-state index in [1.165, 1.54) is 0 Å². The molecule has 6 nitrogen and oxygen atoms in total. The maximum absolute atomic E-state index is 12.7. The molecule has 7 heteroatoms. The van der Waals surface area contributed by atoms with Gasteiger partial charge in [-0.05, 0) is 41.8 Å². The van der Waals surface area contributed by atoms with Gasteiger partial charge in [-0.2, -0.15) is 0 Å². The standard InChI is InChI=1S/C24H23ClN4O2/c1-28-13-18-11-16(12-26-24(18)27-22(30)15-28)7-10-23(31)29(2)14-17-8-9-21(25)20-6-4-3-5-19(17)20/h3-12H,13-15H2,1-2H3,(H,26,27,30). The van der Waals surface area contributed by atoms with E-state index >= 15 is 0 Å². The molecule has 1 aliphatic heterocycles. The highest BCUT2D eigenvalue weighted by atomic mass is 35.5. The average molecular weight is 435 g/mol. The molecule has 0 bridgehead atoms. The molecule has 2 amide bonds. The van der Waals surface area contributed by atoms with Crippen LogP contribution in [0.3, 0.4) is 0 Å². The summed E-state index contributed by atoms with van der Waals surface area (Å²) in [6, 6.07) is 13.7. The van der Waals surface area contributed by atoms with Crippen molar-refractivity contribution in [1.29, 1.82) is 0 Å². The van der Waals surface area contributed by atoms with Gasteiger partial charge >= 0.3 is 0 Å². The average Bonchev–Trinajstić information content (AvgIpc) is 2.89. The van der Waals surface area contributed by atoms with Gasteiger partial charge in [-0.3, -0.25) is 14.5 Å². The van der Waals surface area contributed by atoms with Crippen LogP contribution in [-0.4, -0.2) is 47.2 Å². The summed E-state index contributed by atoms with van der Waals surface area (Å²) in [5.41, 5.74) is 2.76. The molecule has 0 fully saturated rings. The van der Waals surface area contributed by atoms with Crippen molar-refractivity contribution in [3.8, 4) is 0 Å². The van der Waals surface area contributed by atoms with Crippen LogP contribution in [0.2, 0.25) is 5.02 Å². The number of nitrogens with zero attached hydrogens (tertiary/aromatic N) is 3. The van der Waals surface area contributed by atoms with Gasteiger partial charge in [-0.1, -0.05) is 41.9 Å². The SMILES string of the molecule is CN1CC(=O)Nc2ncc(C=CC(=O)N(C)Cc3ccc(Cl)c4ccccc34)cc2C1. The Balaban J connectivity index is 1.49. The summed E-state index contributed by atoms with van der Waals surface area (Å²) < 4.78 is 0. The lowest BCUT2D eigenvalue weighted by Gasteiger charge is -2.17. The number of fused-ring (bicyclic) bond motifs is 2. The van der Waals surface area contributed by atoms with Crippen LogP contribution < -0.4 is 5.32 Å². The molecule has 0 aliphatic carbocycles. The Morgan fingerprint density at radius 1 is 1.23 bits per heavy atom. The fourth-order valence-corrected chi connectivity index (χ4v) is 3.94. The minimum atomic E-state index is -0.112. The number of hydrogen-bond donors (Lipinski definition) is 1. The van der Waals surface area contributed by atoms with Crippen LogP contribution in [0.1, 0.15) is 16.7 Å². The van der Waals surface area contributed by atoms with Crippen molar-refractivity contribution in [3.63, 3.8) is 0 Å². The molecule has 1 aromatic heterocycles. The van der Waals surface area contributed by atoms with E-state index in [0.717, 1.165) is 27.5 Å². The topological polar surface area (TPSA) is 65.5 Å². The van der Waals surface area contributed by atoms with E-state index in [2.05, 4.69) is 10.3 Å². The fourth-order valence-electron chi connectivity index (χ4n) is 3.71. The Morgan fingerprint density at radius 3 is 2.81 bits per heavy atom. The molecule has 1 N–H and O–H groups in total. The Bertz CT molecular complexity index is 1190. The molecule has 1 aliphatic rings. The van der Waals surface area contributed by atoms with Crippen molar-refractivity contribution in [2.45, 2.75) is 13.1 Å². The van der Waals surface area contributed by atoms with Gasteiger partial charge in [-0.15, -0.1) is 0 Å². The predicted octanol–water partition coefficient (Wildman–Crippen LogP) is 3.94. The number of carbonyl (C=O) groups excluding carboxylic acids is 2. The summed E-state index contributed by atoms with van der Waals surface area (Å²) in [7, 11) is 3.66. The van der Waals surface area contributed by atoms with Crippen molar-refractivity contribution in [3.05, 3.63) is 76.5 Å². The molecule has 0 saturated heterocycles. The van der Waals surface area contributed by atoms with Gasteiger partial charge < -0.3 is 10.2 Å². The first kappa shape index (κ1) is 21.0. The molecular weight excluding hydrogens is 412 g/mol. The first-order chi connectivity index (χ1) is 14.9. The maximum Gasteiger partial charge on any atom is 0.246 e. The van der Waals surface area contributed by atoms with E-state index in [4.69, 9.17) is 11.6 Å². The minimum absolute atomic E-state index is 0.0800. The lowest BCUT2D eigenvalue weighted by atomic mass is 10.0. The van der Waals surface area contributed by atoms with Gasteiger partial charge in [0.05, 0.1) is 6.54 Å². The summed E-state index contributed by atoms with van der Waals surface area (Å²) in [5.74, 6) is 0.382. The normalized spacial score (nSPS) is 14.4. The van der Waals surface area contributed by atoms with Gasteiger partial charge in [0.25, 0.3) is 0 Å². The fraction of sp³-hybridized carbons (Fsp3) is 0.208. The second-order valence-electron chi connectivity index (χ2n) is 7.78. The second kappa shape index (κ2) is 8.88.